The lowest BCUT2D eigenvalue weighted by Crippen LogP contribution is -2.57. The van der Waals surface area contributed by atoms with Gasteiger partial charge >= 0.3 is 0 Å². The van der Waals surface area contributed by atoms with Crippen LogP contribution in [-0.4, -0.2) is 30.1 Å². The van der Waals surface area contributed by atoms with Crippen LogP contribution in [0.5, 0.6) is 0 Å². The fourth-order valence-corrected chi connectivity index (χ4v) is 4.08. The SMILES string of the molecule is CC1(C)CCCC(CN)(N2CCCCCC2)C1. The van der Waals surface area contributed by atoms with Gasteiger partial charge in [0.1, 0.15) is 0 Å². The maximum Gasteiger partial charge on any atom is 0.0336 e. The van der Waals surface area contributed by atoms with Crippen LogP contribution >= 0.6 is 0 Å². The molecule has 2 nitrogen and oxygen atoms in total. The minimum absolute atomic E-state index is 0.325. The molecule has 2 fully saturated rings. The summed E-state index contributed by atoms with van der Waals surface area (Å²) < 4.78 is 0. The summed E-state index contributed by atoms with van der Waals surface area (Å²) in [6.45, 7) is 8.28. The van der Waals surface area contributed by atoms with Gasteiger partial charge in [0.2, 0.25) is 0 Å². The van der Waals surface area contributed by atoms with Crippen molar-refractivity contribution in [2.24, 2.45) is 11.1 Å². The van der Waals surface area contributed by atoms with E-state index in [0.29, 0.717) is 11.0 Å². The van der Waals surface area contributed by atoms with Gasteiger partial charge in [-0.15, -0.1) is 0 Å². The summed E-state index contributed by atoms with van der Waals surface area (Å²) in [6, 6.07) is 0. The summed E-state index contributed by atoms with van der Waals surface area (Å²) >= 11 is 0. The molecule has 1 heterocycles. The first kappa shape index (κ1) is 13.4. The molecule has 1 aliphatic heterocycles. The standard InChI is InChI=1S/C15H30N2/c1-14(2)8-7-9-15(12-14,13-16)17-10-5-3-4-6-11-17/h3-13,16H2,1-2H3. The van der Waals surface area contributed by atoms with Crippen LogP contribution in [0.4, 0.5) is 0 Å². The van der Waals surface area contributed by atoms with Gasteiger partial charge in [-0.2, -0.15) is 0 Å². The lowest BCUT2D eigenvalue weighted by Gasteiger charge is -2.51. The Morgan fingerprint density at radius 2 is 1.59 bits per heavy atom. The maximum absolute atomic E-state index is 6.20. The Balaban J connectivity index is 2.11. The van der Waals surface area contributed by atoms with E-state index in [-0.39, 0.29) is 0 Å². The summed E-state index contributed by atoms with van der Waals surface area (Å²) in [5.41, 5.74) is 7.02. The molecule has 1 saturated heterocycles. The Hall–Kier alpha value is -0.0800. The Morgan fingerprint density at radius 3 is 2.12 bits per heavy atom. The van der Waals surface area contributed by atoms with Crippen LogP contribution in [0.1, 0.15) is 65.2 Å². The third-order valence-electron chi connectivity index (χ3n) is 4.96. The van der Waals surface area contributed by atoms with Crippen molar-refractivity contribution >= 4 is 0 Å². The van der Waals surface area contributed by atoms with Crippen molar-refractivity contribution in [3.8, 4) is 0 Å². The van der Waals surface area contributed by atoms with Crippen LogP contribution in [0.3, 0.4) is 0 Å². The van der Waals surface area contributed by atoms with E-state index < -0.39 is 0 Å². The Kier molecular flexibility index (Phi) is 4.14. The second-order valence-electron chi connectivity index (χ2n) is 7.02. The van der Waals surface area contributed by atoms with Gasteiger partial charge in [-0.05, 0) is 50.6 Å². The minimum Gasteiger partial charge on any atom is -0.329 e. The summed E-state index contributed by atoms with van der Waals surface area (Å²) in [5, 5.41) is 0. The largest absolute Gasteiger partial charge is 0.329 e. The molecule has 0 spiro atoms. The fourth-order valence-electron chi connectivity index (χ4n) is 4.08. The number of rotatable bonds is 2. The molecule has 2 heteroatoms. The summed E-state index contributed by atoms with van der Waals surface area (Å²) in [4.78, 5) is 2.75. The van der Waals surface area contributed by atoms with Gasteiger partial charge < -0.3 is 5.73 Å². The Labute approximate surface area is 107 Å². The van der Waals surface area contributed by atoms with Crippen LogP contribution in [0.25, 0.3) is 0 Å². The second kappa shape index (κ2) is 5.27. The number of hydrogen-bond donors (Lipinski definition) is 1. The molecule has 0 aromatic carbocycles. The van der Waals surface area contributed by atoms with Crippen LogP contribution in [0, 0.1) is 5.41 Å². The molecule has 0 bridgehead atoms. The van der Waals surface area contributed by atoms with Gasteiger partial charge in [0, 0.05) is 12.1 Å². The molecule has 2 aliphatic rings. The summed E-state index contributed by atoms with van der Waals surface area (Å²) in [6.07, 6.45) is 11.0. The molecule has 0 aromatic rings. The van der Waals surface area contributed by atoms with Crippen molar-refractivity contribution in [1.82, 2.24) is 4.90 Å². The average Bonchev–Trinajstić information content (AvgIpc) is 2.56. The molecular formula is C15H30N2. The maximum atomic E-state index is 6.20. The highest BCUT2D eigenvalue weighted by Gasteiger charge is 2.42. The minimum atomic E-state index is 0.325. The molecule has 0 aromatic heterocycles. The number of likely N-dealkylation sites (tertiary alicyclic amines) is 1. The molecule has 100 valence electrons. The lowest BCUT2D eigenvalue weighted by molar-refractivity contribution is 0.0119. The predicted molar refractivity (Wildman–Crippen MR) is 74.1 cm³/mol. The first-order valence-corrected chi connectivity index (χ1v) is 7.53. The number of nitrogens with zero attached hydrogens (tertiary/aromatic N) is 1. The van der Waals surface area contributed by atoms with Crippen LogP contribution in [0.15, 0.2) is 0 Å². The molecular weight excluding hydrogens is 208 g/mol. The highest BCUT2D eigenvalue weighted by molar-refractivity contribution is 4.99. The average molecular weight is 238 g/mol. The molecule has 0 amide bonds. The lowest BCUT2D eigenvalue weighted by atomic mass is 9.67. The van der Waals surface area contributed by atoms with Crippen molar-refractivity contribution in [2.45, 2.75) is 70.8 Å². The zero-order valence-electron chi connectivity index (χ0n) is 11.8. The first-order chi connectivity index (χ1) is 8.08. The molecule has 1 saturated carbocycles. The summed E-state index contributed by atoms with van der Waals surface area (Å²) in [5.74, 6) is 0. The van der Waals surface area contributed by atoms with E-state index in [1.54, 1.807) is 0 Å². The van der Waals surface area contributed by atoms with Gasteiger partial charge in [-0.25, -0.2) is 0 Å². The normalized spacial score (nSPS) is 35.5. The first-order valence-electron chi connectivity index (χ1n) is 7.53. The molecule has 2 N–H and O–H groups in total. The number of hydrogen-bond acceptors (Lipinski definition) is 2. The Bertz CT molecular complexity index is 241. The topological polar surface area (TPSA) is 29.3 Å². The highest BCUT2D eigenvalue weighted by atomic mass is 15.2. The van der Waals surface area contributed by atoms with E-state index in [0.717, 1.165) is 6.54 Å². The van der Waals surface area contributed by atoms with Crippen molar-refractivity contribution in [2.75, 3.05) is 19.6 Å². The smallest absolute Gasteiger partial charge is 0.0336 e. The van der Waals surface area contributed by atoms with E-state index in [9.17, 15) is 0 Å². The van der Waals surface area contributed by atoms with Gasteiger partial charge in [-0.3, -0.25) is 4.90 Å². The van der Waals surface area contributed by atoms with E-state index in [2.05, 4.69) is 18.7 Å². The van der Waals surface area contributed by atoms with Crippen molar-refractivity contribution in [1.29, 1.82) is 0 Å². The molecule has 1 atom stereocenters. The molecule has 1 unspecified atom stereocenters. The Morgan fingerprint density at radius 1 is 0.941 bits per heavy atom. The van der Waals surface area contributed by atoms with Gasteiger partial charge in [0.05, 0.1) is 0 Å². The van der Waals surface area contributed by atoms with E-state index in [1.165, 1.54) is 64.5 Å². The molecule has 2 rings (SSSR count). The van der Waals surface area contributed by atoms with Crippen molar-refractivity contribution in [3.05, 3.63) is 0 Å². The van der Waals surface area contributed by atoms with Gasteiger partial charge in [0.25, 0.3) is 0 Å². The third kappa shape index (κ3) is 3.03. The van der Waals surface area contributed by atoms with Gasteiger partial charge in [0.15, 0.2) is 0 Å². The molecule has 17 heavy (non-hydrogen) atoms. The monoisotopic (exact) mass is 238 g/mol. The van der Waals surface area contributed by atoms with E-state index >= 15 is 0 Å². The molecule has 0 radical (unpaired) electrons. The van der Waals surface area contributed by atoms with E-state index in [4.69, 9.17) is 5.73 Å². The molecule has 1 aliphatic carbocycles. The van der Waals surface area contributed by atoms with Crippen molar-refractivity contribution in [3.63, 3.8) is 0 Å². The predicted octanol–water partition coefficient (Wildman–Crippen LogP) is 3.16. The van der Waals surface area contributed by atoms with Crippen molar-refractivity contribution < 1.29 is 0 Å². The fraction of sp³-hybridized carbons (Fsp3) is 1.00. The zero-order chi connectivity index (χ0) is 12.4. The summed E-state index contributed by atoms with van der Waals surface area (Å²) in [7, 11) is 0. The quantitative estimate of drug-likeness (QED) is 0.800. The second-order valence-corrected chi connectivity index (χ2v) is 7.02. The van der Waals surface area contributed by atoms with Crippen LogP contribution in [-0.2, 0) is 0 Å². The van der Waals surface area contributed by atoms with Gasteiger partial charge in [-0.1, -0.05) is 33.1 Å². The van der Waals surface area contributed by atoms with Crippen LogP contribution < -0.4 is 5.73 Å². The number of nitrogens with two attached hydrogens (primary N) is 1. The van der Waals surface area contributed by atoms with E-state index in [1.807, 2.05) is 0 Å². The van der Waals surface area contributed by atoms with Crippen LogP contribution in [0.2, 0.25) is 0 Å². The third-order valence-corrected chi connectivity index (χ3v) is 4.96. The zero-order valence-corrected chi connectivity index (χ0v) is 11.8. The highest BCUT2D eigenvalue weighted by Crippen LogP contribution is 2.44.